The van der Waals surface area contributed by atoms with Gasteiger partial charge < -0.3 is 5.32 Å². The number of rotatable bonds is 3. The first-order valence-electron chi connectivity index (χ1n) is 6.46. The van der Waals surface area contributed by atoms with Crippen molar-refractivity contribution in [3.05, 3.63) is 28.7 Å². The van der Waals surface area contributed by atoms with Crippen molar-refractivity contribution in [3.8, 4) is 0 Å². The van der Waals surface area contributed by atoms with Crippen LogP contribution in [0.25, 0.3) is 0 Å². The Hall–Kier alpha value is -0.920. The van der Waals surface area contributed by atoms with Gasteiger partial charge in [-0.05, 0) is 31.0 Å². The molecule has 5 nitrogen and oxygen atoms in total. The van der Waals surface area contributed by atoms with Gasteiger partial charge in [0.1, 0.15) is 6.04 Å². The smallest absolute Gasteiger partial charge is 0.243 e. The molecular formula is C13H17BrN2O3S. The Kier molecular flexibility index (Phi) is 4.82. The van der Waals surface area contributed by atoms with Crippen LogP contribution in [0.1, 0.15) is 19.3 Å². The quantitative estimate of drug-likeness (QED) is 0.892. The fourth-order valence-electron chi connectivity index (χ4n) is 2.38. The van der Waals surface area contributed by atoms with E-state index in [4.69, 9.17) is 0 Å². The summed E-state index contributed by atoms with van der Waals surface area (Å²) in [4.78, 5) is 12.1. The molecule has 0 aliphatic carbocycles. The molecule has 1 atom stereocenters. The average Bonchev–Trinajstić information content (AvgIpc) is 2.46. The topological polar surface area (TPSA) is 66.5 Å². The molecule has 1 fully saturated rings. The van der Waals surface area contributed by atoms with E-state index in [0.29, 0.717) is 17.4 Å². The molecule has 1 N–H and O–H groups in total. The van der Waals surface area contributed by atoms with Crippen molar-refractivity contribution >= 4 is 31.9 Å². The van der Waals surface area contributed by atoms with Crippen LogP contribution < -0.4 is 5.32 Å². The van der Waals surface area contributed by atoms with Gasteiger partial charge in [0.25, 0.3) is 0 Å². The molecular weight excluding hydrogens is 344 g/mol. The van der Waals surface area contributed by atoms with E-state index in [1.54, 1.807) is 24.3 Å². The number of piperidine rings is 1. The maximum Gasteiger partial charge on any atom is 0.243 e. The minimum absolute atomic E-state index is 0.211. The molecule has 1 amide bonds. The van der Waals surface area contributed by atoms with Gasteiger partial charge in [-0.3, -0.25) is 4.79 Å². The van der Waals surface area contributed by atoms with Crippen molar-refractivity contribution in [2.45, 2.75) is 30.2 Å². The molecule has 1 aliphatic heterocycles. The van der Waals surface area contributed by atoms with E-state index in [0.717, 1.165) is 12.8 Å². The zero-order chi connectivity index (χ0) is 14.8. The van der Waals surface area contributed by atoms with Crippen LogP contribution in [0.5, 0.6) is 0 Å². The molecule has 110 valence electrons. The van der Waals surface area contributed by atoms with Crippen molar-refractivity contribution in [1.82, 2.24) is 9.62 Å². The van der Waals surface area contributed by atoms with Crippen LogP contribution in [0.4, 0.5) is 0 Å². The number of carbonyl (C=O) groups excluding carboxylic acids is 1. The molecule has 2 rings (SSSR count). The second kappa shape index (κ2) is 6.24. The fourth-order valence-corrected chi connectivity index (χ4v) is 4.64. The highest BCUT2D eigenvalue weighted by atomic mass is 79.9. The number of benzene rings is 1. The Labute approximate surface area is 127 Å². The van der Waals surface area contributed by atoms with Gasteiger partial charge in [-0.1, -0.05) is 28.4 Å². The van der Waals surface area contributed by atoms with Crippen molar-refractivity contribution in [3.63, 3.8) is 0 Å². The minimum atomic E-state index is -3.65. The summed E-state index contributed by atoms with van der Waals surface area (Å²) in [7, 11) is -2.12. The standard InChI is InChI=1S/C13H17BrN2O3S/c1-15-13(17)12-7-2-3-8-16(12)20(18,19)11-6-4-5-10(14)9-11/h4-6,9,12H,2-3,7-8H2,1H3,(H,15,17)/t12-/m0/s1. The number of amides is 1. The van der Waals surface area contributed by atoms with Crippen LogP contribution >= 0.6 is 15.9 Å². The first kappa shape index (κ1) is 15.5. The molecule has 1 aromatic carbocycles. The molecule has 1 aliphatic rings. The number of halogens is 1. The molecule has 7 heteroatoms. The first-order valence-corrected chi connectivity index (χ1v) is 8.69. The number of hydrogen-bond acceptors (Lipinski definition) is 3. The number of likely N-dealkylation sites (N-methyl/N-ethyl adjacent to an activating group) is 1. The summed E-state index contributed by atoms with van der Waals surface area (Å²) in [5, 5.41) is 2.55. The molecule has 1 saturated heterocycles. The van der Waals surface area contributed by atoms with Gasteiger partial charge in [-0.15, -0.1) is 0 Å². The molecule has 0 unspecified atom stereocenters. The molecule has 0 aromatic heterocycles. The average molecular weight is 361 g/mol. The van der Waals surface area contributed by atoms with Gasteiger partial charge in [0.05, 0.1) is 4.90 Å². The highest BCUT2D eigenvalue weighted by Crippen LogP contribution is 2.26. The Morgan fingerprint density at radius 1 is 1.40 bits per heavy atom. The Morgan fingerprint density at radius 3 is 2.80 bits per heavy atom. The lowest BCUT2D eigenvalue weighted by atomic mass is 10.0. The summed E-state index contributed by atoms with van der Waals surface area (Å²) in [5.41, 5.74) is 0. The molecule has 0 saturated carbocycles. The third-order valence-electron chi connectivity index (χ3n) is 3.41. The Morgan fingerprint density at radius 2 is 2.15 bits per heavy atom. The lowest BCUT2D eigenvalue weighted by Crippen LogP contribution is -2.51. The van der Waals surface area contributed by atoms with Crippen molar-refractivity contribution in [2.75, 3.05) is 13.6 Å². The van der Waals surface area contributed by atoms with E-state index >= 15 is 0 Å². The fraction of sp³-hybridized carbons (Fsp3) is 0.462. The maximum atomic E-state index is 12.7. The molecule has 20 heavy (non-hydrogen) atoms. The van der Waals surface area contributed by atoms with Crippen molar-refractivity contribution in [2.24, 2.45) is 0 Å². The lowest BCUT2D eigenvalue weighted by Gasteiger charge is -2.33. The van der Waals surface area contributed by atoms with E-state index < -0.39 is 16.1 Å². The highest BCUT2D eigenvalue weighted by Gasteiger charge is 2.37. The number of hydrogen-bond donors (Lipinski definition) is 1. The van der Waals surface area contributed by atoms with E-state index in [1.165, 1.54) is 11.4 Å². The molecule has 0 spiro atoms. The normalized spacial score (nSPS) is 20.6. The van der Waals surface area contributed by atoms with E-state index in [-0.39, 0.29) is 10.8 Å². The largest absolute Gasteiger partial charge is 0.358 e. The zero-order valence-corrected chi connectivity index (χ0v) is 13.6. The molecule has 1 aromatic rings. The summed E-state index contributed by atoms with van der Waals surface area (Å²) in [5.74, 6) is -0.247. The third kappa shape index (κ3) is 3.05. The highest BCUT2D eigenvalue weighted by molar-refractivity contribution is 9.10. The van der Waals surface area contributed by atoms with Gasteiger partial charge in [0.15, 0.2) is 0 Å². The maximum absolute atomic E-state index is 12.7. The number of sulfonamides is 1. The first-order chi connectivity index (χ1) is 9.46. The lowest BCUT2D eigenvalue weighted by molar-refractivity contribution is -0.125. The van der Waals surface area contributed by atoms with E-state index in [2.05, 4.69) is 21.2 Å². The number of nitrogens with zero attached hydrogens (tertiary/aromatic N) is 1. The minimum Gasteiger partial charge on any atom is -0.358 e. The van der Waals surface area contributed by atoms with Gasteiger partial charge in [0.2, 0.25) is 15.9 Å². The van der Waals surface area contributed by atoms with Crippen molar-refractivity contribution in [1.29, 1.82) is 0 Å². The SMILES string of the molecule is CNC(=O)[C@@H]1CCCCN1S(=O)(=O)c1cccc(Br)c1. The molecule has 1 heterocycles. The van der Waals surface area contributed by atoms with Gasteiger partial charge in [-0.25, -0.2) is 8.42 Å². The number of nitrogens with one attached hydrogen (secondary N) is 1. The predicted molar refractivity (Wildman–Crippen MR) is 79.7 cm³/mol. The van der Waals surface area contributed by atoms with Crippen LogP contribution in [-0.4, -0.2) is 38.3 Å². The Bertz CT molecular complexity index is 603. The second-order valence-electron chi connectivity index (χ2n) is 4.70. The van der Waals surface area contributed by atoms with Crippen LogP contribution in [-0.2, 0) is 14.8 Å². The van der Waals surface area contributed by atoms with E-state index in [9.17, 15) is 13.2 Å². The van der Waals surface area contributed by atoms with Crippen LogP contribution in [0, 0.1) is 0 Å². The van der Waals surface area contributed by atoms with Gasteiger partial charge in [-0.2, -0.15) is 4.31 Å². The molecule has 0 bridgehead atoms. The van der Waals surface area contributed by atoms with Gasteiger partial charge >= 0.3 is 0 Å². The number of carbonyl (C=O) groups is 1. The Balaban J connectivity index is 2.38. The van der Waals surface area contributed by atoms with Gasteiger partial charge in [0, 0.05) is 18.1 Å². The molecule has 0 radical (unpaired) electrons. The van der Waals surface area contributed by atoms with Crippen LogP contribution in [0.3, 0.4) is 0 Å². The van der Waals surface area contributed by atoms with Crippen LogP contribution in [0.2, 0.25) is 0 Å². The monoisotopic (exact) mass is 360 g/mol. The summed E-state index contributed by atoms with van der Waals surface area (Å²) >= 11 is 3.27. The predicted octanol–water partition coefficient (Wildman–Crippen LogP) is 1.74. The van der Waals surface area contributed by atoms with E-state index in [1.807, 2.05) is 0 Å². The van der Waals surface area contributed by atoms with Crippen molar-refractivity contribution < 1.29 is 13.2 Å². The van der Waals surface area contributed by atoms with Crippen LogP contribution in [0.15, 0.2) is 33.6 Å². The summed E-state index contributed by atoms with van der Waals surface area (Å²) < 4.78 is 27.4. The summed E-state index contributed by atoms with van der Waals surface area (Å²) in [6.45, 7) is 0.382. The zero-order valence-electron chi connectivity index (χ0n) is 11.2. The summed E-state index contributed by atoms with van der Waals surface area (Å²) in [6, 6.07) is 5.94. The second-order valence-corrected chi connectivity index (χ2v) is 7.51. The summed E-state index contributed by atoms with van der Waals surface area (Å²) in [6.07, 6.45) is 2.20. The third-order valence-corrected chi connectivity index (χ3v) is 5.80.